The molecule has 0 radical (unpaired) electrons. The van der Waals surface area contributed by atoms with Crippen LogP contribution in [0, 0.1) is 0 Å². The van der Waals surface area contributed by atoms with Crippen LogP contribution in [-0.2, 0) is 0 Å². The second kappa shape index (κ2) is 11.0. The summed E-state index contributed by atoms with van der Waals surface area (Å²) in [6.45, 7) is 0. The molecule has 3 heterocycles. The predicted molar refractivity (Wildman–Crippen MR) is 213 cm³/mol. The Morgan fingerprint density at radius 2 is 1.10 bits per heavy atom. The number of nitrogens with zero attached hydrogens (tertiary/aromatic N) is 3. The quantitative estimate of drug-likeness (QED) is 0.175. The second-order valence-corrected chi connectivity index (χ2v) is 13.8. The molecule has 5 heteroatoms. The Bertz CT molecular complexity index is 3150. The van der Waals surface area contributed by atoms with Crippen molar-refractivity contribution in [2.75, 3.05) is 0 Å². The molecule has 0 fully saturated rings. The van der Waals surface area contributed by atoms with Gasteiger partial charge >= 0.3 is 0 Å². The van der Waals surface area contributed by atoms with Crippen molar-refractivity contribution in [2.45, 2.75) is 0 Å². The first-order chi connectivity index (χ1) is 25.3. The van der Waals surface area contributed by atoms with E-state index in [1.165, 1.54) is 54.9 Å². The van der Waals surface area contributed by atoms with Gasteiger partial charge in [-0.15, -0.1) is 0 Å². The lowest BCUT2D eigenvalue weighted by Crippen LogP contribution is -1.94. The van der Waals surface area contributed by atoms with Crippen LogP contribution in [0.4, 0.5) is 0 Å². The highest BCUT2D eigenvalue weighted by Crippen LogP contribution is 2.39. The van der Waals surface area contributed by atoms with Crippen LogP contribution in [0.3, 0.4) is 0 Å². The highest BCUT2D eigenvalue weighted by molar-refractivity contribution is 7.09. The summed E-state index contributed by atoms with van der Waals surface area (Å²) in [4.78, 5) is 5.08. The highest BCUT2D eigenvalue weighted by Gasteiger charge is 2.17. The Hall–Kier alpha value is -6.56. The first-order valence-corrected chi connectivity index (χ1v) is 17.8. The number of hydrogen-bond acceptors (Lipinski definition) is 4. The van der Waals surface area contributed by atoms with E-state index < -0.39 is 0 Å². The fraction of sp³-hybridized carbons (Fsp3) is 0. The molecule has 0 aliphatic carbocycles. The van der Waals surface area contributed by atoms with Gasteiger partial charge in [0.1, 0.15) is 16.2 Å². The van der Waals surface area contributed by atoms with Crippen LogP contribution >= 0.6 is 11.5 Å². The molecular formula is C46H27N3OS. The summed E-state index contributed by atoms with van der Waals surface area (Å²) in [5.41, 5.74) is 9.70. The molecule has 0 saturated heterocycles. The summed E-state index contributed by atoms with van der Waals surface area (Å²) in [5, 5.41) is 10.5. The number of fused-ring (bicyclic) bond motifs is 9. The molecule has 0 aliphatic rings. The molecule has 51 heavy (non-hydrogen) atoms. The van der Waals surface area contributed by atoms with Crippen molar-refractivity contribution >= 4 is 76.8 Å². The van der Waals surface area contributed by atoms with Gasteiger partial charge in [-0.05, 0) is 105 Å². The third kappa shape index (κ3) is 4.38. The second-order valence-electron chi connectivity index (χ2n) is 13.1. The van der Waals surface area contributed by atoms with Gasteiger partial charge in [-0.3, -0.25) is 0 Å². The van der Waals surface area contributed by atoms with E-state index >= 15 is 0 Å². The molecule has 3 aromatic heterocycles. The highest BCUT2D eigenvalue weighted by atomic mass is 32.1. The van der Waals surface area contributed by atoms with Crippen molar-refractivity contribution in [3.63, 3.8) is 0 Å². The van der Waals surface area contributed by atoms with Crippen LogP contribution in [0.25, 0.3) is 104 Å². The van der Waals surface area contributed by atoms with Gasteiger partial charge in [-0.1, -0.05) is 103 Å². The Morgan fingerprint density at radius 1 is 0.451 bits per heavy atom. The van der Waals surface area contributed by atoms with E-state index in [1.54, 1.807) is 0 Å². The normalized spacial score (nSPS) is 11.9. The van der Waals surface area contributed by atoms with Gasteiger partial charge in [0.2, 0.25) is 0 Å². The zero-order valence-electron chi connectivity index (χ0n) is 27.2. The largest absolute Gasteiger partial charge is 0.456 e. The number of hydrogen-bond donors (Lipinski definition) is 0. The molecule has 8 aromatic carbocycles. The van der Waals surface area contributed by atoms with Crippen molar-refractivity contribution in [3.8, 4) is 38.8 Å². The molecule has 0 unspecified atom stereocenters. The molecule has 0 saturated carbocycles. The van der Waals surface area contributed by atoms with Gasteiger partial charge in [0, 0.05) is 38.4 Å². The summed E-state index contributed by atoms with van der Waals surface area (Å²) < 4.78 is 13.4. The number of para-hydroxylation sites is 2. The minimum atomic E-state index is 0.762. The summed E-state index contributed by atoms with van der Waals surface area (Å²) in [5.74, 6) is 0.762. The van der Waals surface area contributed by atoms with E-state index in [0.717, 1.165) is 60.7 Å². The maximum Gasteiger partial charge on any atom is 0.174 e. The maximum absolute atomic E-state index is 6.12. The molecule has 238 valence electrons. The Kier molecular flexibility index (Phi) is 6.09. The average molecular weight is 670 g/mol. The molecule has 0 N–H and O–H groups in total. The van der Waals surface area contributed by atoms with Crippen molar-refractivity contribution < 1.29 is 4.42 Å². The molecular weight excluding hydrogens is 643 g/mol. The van der Waals surface area contributed by atoms with Gasteiger partial charge in [0.05, 0.1) is 11.0 Å². The summed E-state index contributed by atoms with van der Waals surface area (Å²) in [7, 11) is 0. The monoisotopic (exact) mass is 669 g/mol. The summed E-state index contributed by atoms with van der Waals surface area (Å²) in [6, 6.07) is 58.2. The number of aromatic nitrogens is 3. The van der Waals surface area contributed by atoms with Crippen molar-refractivity contribution in [1.82, 2.24) is 13.9 Å². The number of furan rings is 1. The lowest BCUT2D eigenvalue weighted by atomic mass is 9.97. The van der Waals surface area contributed by atoms with Crippen molar-refractivity contribution in [2.24, 2.45) is 0 Å². The van der Waals surface area contributed by atoms with Crippen LogP contribution in [0.1, 0.15) is 0 Å². The van der Waals surface area contributed by atoms with Gasteiger partial charge in [0.25, 0.3) is 0 Å². The molecule has 0 amide bonds. The Morgan fingerprint density at radius 3 is 1.98 bits per heavy atom. The molecule has 0 aliphatic heterocycles. The number of rotatable bonds is 4. The maximum atomic E-state index is 6.12. The van der Waals surface area contributed by atoms with Crippen molar-refractivity contribution in [1.29, 1.82) is 0 Å². The fourth-order valence-corrected chi connectivity index (χ4v) is 8.46. The minimum absolute atomic E-state index is 0.762. The van der Waals surface area contributed by atoms with E-state index in [1.807, 2.05) is 12.1 Å². The lowest BCUT2D eigenvalue weighted by Gasteiger charge is -2.10. The molecule has 0 spiro atoms. The molecule has 0 bridgehead atoms. The smallest absolute Gasteiger partial charge is 0.174 e. The van der Waals surface area contributed by atoms with Gasteiger partial charge in [-0.25, -0.2) is 4.98 Å². The van der Waals surface area contributed by atoms with E-state index in [9.17, 15) is 0 Å². The predicted octanol–water partition coefficient (Wildman–Crippen LogP) is 12.8. The first-order valence-electron chi connectivity index (χ1n) is 17.1. The molecule has 11 rings (SSSR count). The summed E-state index contributed by atoms with van der Waals surface area (Å²) in [6.07, 6.45) is 0. The van der Waals surface area contributed by atoms with Gasteiger partial charge < -0.3 is 8.98 Å². The van der Waals surface area contributed by atoms with Gasteiger partial charge in [0.15, 0.2) is 5.82 Å². The third-order valence-electron chi connectivity index (χ3n) is 10.2. The average Bonchev–Trinajstić information content (AvgIpc) is 3.92. The molecule has 0 atom stereocenters. The molecule has 4 nitrogen and oxygen atoms in total. The van der Waals surface area contributed by atoms with Crippen LogP contribution in [-0.4, -0.2) is 13.9 Å². The standard InChI is InChI=1S/C46H27N3OS/c1-2-10-33-31(9-1)26-40(35-12-4-3-11-34(33)35)45-47-46(51-48-45)28-17-21-32(22-18-28)49-41-15-7-5-13-36(41)37-23-19-30(27-42(37)49)29-20-24-44-39(25-29)38-14-6-8-16-43(38)50-44/h1-27H. The van der Waals surface area contributed by atoms with E-state index in [4.69, 9.17) is 13.8 Å². The SMILES string of the molecule is c1ccc2c(c1)cc(-c1nsc(-c3ccc(-n4c5ccccc5c5ccc(-c6ccc7oc8ccccc8c7c6)cc54)cc3)n1)c1ccccc12. The van der Waals surface area contributed by atoms with Crippen molar-refractivity contribution in [3.05, 3.63) is 164 Å². The third-order valence-corrected chi connectivity index (χ3v) is 11.0. The van der Waals surface area contributed by atoms with E-state index in [2.05, 4.69) is 156 Å². The zero-order chi connectivity index (χ0) is 33.5. The minimum Gasteiger partial charge on any atom is -0.456 e. The summed E-state index contributed by atoms with van der Waals surface area (Å²) >= 11 is 1.45. The number of benzene rings is 8. The Labute approximate surface area is 296 Å². The first kappa shape index (κ1) is 28.3. The van der Waals surface area contributed by atoms with E-state index in [0.29, 0.717) is 0 Å². The Balaban J connectivity index is 1.00. The zero-order valence-corrected chi connectivity index (χ0v) is 28.1. The van der Waals surface area contributed by atoms with E-state index in [-0.39, 0.29) is 0 Å². The topological polar surface area (TPSA) is 43.9 Å². The van der Waals surface area contributed by atoms with Crippen LogP contribution in [0.5, 0.6) is 0 Å². The van der Waals surface area contributed by atoms with Crippen LogP contribution < -0.4 is 0 Å². The van der Waals surface area contributed by atoms with Crippen LogP contribution in [0.15, 0.2) is 168 Å². The van der Waals surface area contributed by atoms with Crippen LogP contribution in [0.2, 0.25) is 0 Å². The fourth-order valence-electron chi connectivity index (χ4n) is 7.78. The van der Waals surface area contributed by atoms with Gasteiger partial charge in [-0.2, -0.15) is 4.37 Å². The lowest BCUT2D eigenvalue weighted by molar-refractivity contribution is 0.669. The molecule has 11 aromatic rings.